The third-order valence-corrected chi connectivity index (χ3v) is 0.306. The van der Waals surface area contributed by atoms with Gasteiger partial charge in [-0.25, -0.2) is 0 Å². The second-order valence-electron chi connectivity index (χ2n) is 0.329. The van der Waals surface area contributed by atoms with E-state index in [-0.39, 0.29) is 0 Å². The van der Waals surface area contributed by atoms with Gasteiger partial charge in [-0.3, -0.25) is 0 Å². The van der Waals surface area contributed by atoms with Crippen LogP contribution in [0, 0.1) is 0 Å². The largest absolute Gasteiger partial charge is 0.0176 e. The van der Waals surface area contributed by atoms with Gasteiger partial charge in [-0.15, -0.1) is 0 Å². The summed E-state index contributed by atoms with van der Waals surface area (Å²) in [4.78, 5) is 0. The molecule has 0 amide bonds. The first kappa shape index (κ1) is 4.78. The van der Waals surface area contributed by atoms with Crippen LogP contribution >= 0.6 is 24.4 Å². The highest BCUT2D eigenvalue weighted by Crippen LogP contribution is 1.32. The van der Waals surface area contributed by atoms with Crippen molar-refractivity contribution in [2.45, 2.75) is 0 Å². The molecule has 0 aliphatic rings. The Morgan fingerprint density at radius 3 is 1.40 bits per heavy atom. The molecular weight excluding hydrogens is 100 g/mol. The summed E-state index contributed by atoms with van der Waals surface area (Å²) in [7, 11) is 0. The van der Waals surface area contributed by atoms with Crippen LogP contribution in [0.1, 0.15) is 0 Å². The molecule has 0 heterocycles. The fraction of sp³-hybridized carbons (Fsp3) is 0. The minimum Gasteiger partial charge on any atom is -0.0176 e. The molecule has 5 heavy (non-hydrogen) atoms. The molecule has 2 heteroatoms. The van der Waals surface area contributed by atoms with E-state index in [1.54, 1.807) is 0 Å². The Kier molecular flexibility index (Phi) is 3.61. The van der Waals surface area contributed by atoms with Crippen molar-refractivity contribution in [1.82, 2.24) is 0 Å². The highest BCUT2D eigenvalue weighted by atomic mass is 32.1. The Balaban J connectivity index is 4.38. The van der Waals surface area contributed by atoms with Crippen LogP contribution in [-0.4, -0.2) is 10.0 Å². The van der Waals surface area contributed by atoms with Crippen molar-refractivity contribution in [3.05, 3.63) is 5.73 Å². The van der Waals surface area contributed by atoms with Crippen LogP contribution in [0.15, 0.2) is 5.73 Å². The van der Waals surface area contributed by atoms with E-state index in [0.717, 1.165) is 0 Å². The predicted molar refractivity (Wildman–Crippen MR) is 28.7 cm³/mol. The predicted octanol–water partition coefficient (Wildman–Crippen LogP) is 0.895. The van der Waals surface area contributed by atoms with Gasteiger partial charge in [0.15, 0.2) is 0 Å². The van der Waals surface area contributed by atoms with Crippen LogP contribution in [0.4, 0.5) is 0 Å². The smallest absolute Gasteiger partial charge is 0.0150 e. The number of hydrogen-bond donors (Lipinski definition) is 0. The van der Waals surface area contributed by atoms with Crippen LogP contribution in [-0.2, 0) is 0 Å². The van der Waals surface area contributed by atoms with Gasteiger partial charge in [0.2, 0.25) is 0 Å². The molecule has 0 aromatic carbocycles. The van der Waals surface area contributed by atoms with E-state index < -0.39 is 0 Å². The van der Waals surface area contributed by atoms with E-state index in [1.165, 1.54) is 0 Å². The molecule has 0 N–H and O–H groups in total. The maximum Gasteiger partial charge on any atom is 0.0150 e. The summed E-state index contributed by atoms with van der Waals surface area (Å²) in [6, 6.07) is 0. The molecule has 0 fully saturated rings. The summed E-state index contributed by atoms with van der Waals surface area (Å²) in [6.45, 7) is 0. The zero-order valence-corrected chi connectivity index (χ0v) is 3.95. The summed E-state index contributed by atoms with van der Waals surface area (Å²) >= 11 is 8.32. The van der Waals surface area contributed by atoms with E-state index in [0.29, 0.717) is 0 Å². The minimum absolute atomic E-state index is 2.14. The number of hydrogen-bond acceptors (Lipinski definition) is 2. The van der Waals surface area contributed by atoms with E-state index in [2.05, 4.69) is 40.2 Å². The maximum atomic E-state index is 4.16. The molecule has 0 aliphatic heterocycles. The Labute approximate surface area is 40.8 Å². The highest BCUT2D eigenvalue weighted by Gasteiger charge is 1.23. The first-order valence-corrected chi connectivity index (χ1v) is 1.72. The molecule has 0 nitrogen and oxygen atoms in total. The summed E-state index contributed by atoms with van der Waals surface area (Å²) in [5.41, 5.74) is 2.24. The number of rotatable bonds is 0. The van der Waals surface area contributed by atoms with Crippen molar-refractivity contribution in [3.8, 4) is 0 Å². The molecule has 0 rings (SSSR count). The Morgan fingerprint density at radius 1 is 1.00 bits per heavy atom. The zero-order chi connectivity index (χ0) is 4.12. The van der Waals surface area contributed by atoms with Gasteiger partial charge >= 0.3 is 0 Å². The van der Waals surface area contributed by atoms with E-state index in [4.69, 9.17) is 0 Å². The topological polar surface area (TPSA) is 0 Å². The van der Waals surface area contributed by atoms with Crippen molar-refractivity contribution < 1.29 is 0 Å². The van der Waals surface area contributed by atoms with Gasteiger partial charge in [-0.05, 0) is 24.4 Å². The molecule has 0 saturated carbocycles. The summed E-state index contributed by atoms with van der Waals surface area (Å²) < 4.78 is 0. The van der Waals surface area contributed by atoms with Crippen molar-refractivity contribution in [1.29, 1.82) is 0 Å². The third-order valence-electron chi connectivity index (χ3n) is 0.102. The molecule has 0 spiro atoms. The van der Waals surface area contributed by atoms with Crippen molar-refractivity contribution in [2.75, 3.05) is 0 Å². The summed E-state index contributed by atoms with van der Waals surface area (Å²) in [6.07, 6.45) is 0. The van der Waals surface area contributed by atoms with Gasteiger partial charge in [-0.1, -0.05) is 0 Å². The first-order valence-electron chi connectivity index (χ1n) is 0.908. The lowest BCUT2D eigenvalue weighted by Gasteiger charge is -1.22. The summed E-state index contributed by atoms with van der Waals surface area (Å²) in [5.74, 6) is 0. The van der Waals surface area contributed by atoms with Gasteiger partial charge in [0, 0.05) is 15.8 Å². The number of thiocarbonyl (C=S) groups is 2. The molecule has 0 aliphatic carbocycles. The van der Waals surface area contributed by atoms with Gasteiger partial charge < -0.3 is 0 Å². The first-order chi connectivity index (χ1) is 2.41. The molecule has 0 saturated heterocycles. The Morgan fingerprint density at radius 2 is 1.40 bits per heavy atom. The maximum absolute atomic E-state index is 4.16. The van der Waals surface area contributed by atoms with Crippen molar-refractivity contribution in [3.63, 3.8) is 0 Å². The molecule has 0 aromatic heterocycles. The normalized spacial score (nSPS) is 3.20. The average Bonchev–Trinajstić information content (AvgIpc) is 1.41. The van der Waals surface area contributed by atoms with Gasteiger partial charge in [-0.2, -0.15) is 0 Å². The van der Waals surface area contributed by atoms with Gasteiger partial charge in [0.1, 0.15) is 0 Å². The van der Waals surface area contributed by atoms with E-state index in [9.17, 15) is 0 Å². The fourth-order valence-electron chi connectivity index (χ4n) is 0.0208. The third kappa shape index (κ3) is 3.78. The molecule has 0 atom stereocenters. The molecular formula is C3S2. The summed E-state index contributed by atoms with van der Waals surface area (Å²) in [5, 5.41) is 4.27. The Hall–Kier alpha value is -0.220. The minimum atomic E-state index is 2.14. The molecule has 0 unspecified atom stereocenters. The lowest BCUT2D eigenvalue weighted by Crippen LogP contribution is -1.25. The van der Waals surface area contributed by atoms with E-state index in [1.807, 2.05) is 0 Å². The lowest BCUT2D eigenvalue weighted by molar-refractivity contribution is 2.99. The monoisotopic (exact) mass is 99.9 g/mol. The van der Waals surface area contributed by atoms with Gasteiger partial charge in [0.05, 0.1) is 0 Å². The SMILES string of the molecule is S=C=C=C=S. The van der Waals surface area contributed by atoms with Crippen LogP contribution in [0.25, 0.3) is 0 Å². The van der Waals surface area contributed by atoms with Crippen LogP contribution < -0.4 is 0 Å². The molecule has 24 valence electrons. The van der Waals surface area contributed by atoms with Crippen molar-refractivity contribution in [2.24, 2.45) is 0 Å². The van der Waals surface area contributed by atoms with E-state index >= 15 is 0 Å². The standard InChI is InChI=1S/C3S2/c4-2-1-3-5. The van der Waals surface area contributed by atoms with Crippen LogP contribution in [0.3, 0.4) is 0 Å². The van der Waals surface area contributed by atoms with Crippen molar-refractivity contribution >= 4 is 34.5 Å². The van der Waals surface area contributed by atoms with Gasteiger partial charge in [0.25, 0.3) is 0 Å². The molecule has 0 radical (unpaired) electrons. The zero-order valence-electron chi connectivity index (χ0n) is 2.32. The highest BCUT2D eigenvalue weighted by molar-refractivity contribution is 7.79. The Bertz CT molecular complexity index is 96.9. The molecule has 0 aromatic rings. The molecule has 0 bridgehead atoms. The average molecular weight is 100 g/mol. The van der Waals surface area contributed by atoms with Crippen LogP contribution in [0.2, 0.25) is 0 Å². The lowest BCUT2D eigenvalue weighted by atomic mass is 11.0. The fourth-order valence-corrected chi connectivity index (χ4v) is 0.187. The second-order valence-corrected chi connectivity index (χ2v) is 0.737. The van der Waals surface area contributed by atoms with Crippen LogP contribution in [0.5, 0.6) is 0 Å². The second kappa shape index (κ2) is 3.78. The quantitative estimate of drug-likeness (QED) is 0.327.